The number of ether oxygens (including phenoxy) is 1. The van der Waals surface area contributed by atoms with Gasteiger partial charge in [-0.1, -0.05) is 30.3 Å². The molecule has 0 bridgehead atoms. The Labute approximate surface area is 111 Å². The standard InChI is InChI=1S/C15H15FN2O/c16-13-10-12(15(17)18)6-7-14(13)19-9-8-11-4-2-1-3-5-11/h1-7,10H,8-9H2,(H3,17,18). The lowest BCUT2D eigenvalue weighted by Crippen LogP contribution is -2.11. The maximum atomic E-state index is 13.7. The summed E-state index contributed by atoms with van der Waals surface area (Å²) in [6, 6.07) is 14.1. The topological polar surface area (TPSA) is 59.1 Å². The maximum Gasteiger partial charge on any atom is 0.165 e. The first kappa shape index (κ1) is 13.1. The molecule has 0 fully saturated rings. The van der Waals surface area contributed by atoms with Crippen LogP contribution in [0.4, 0.5) is 4.39 Å². The van der Waals surface area contributed by atoms with Crippen LogP contribution < -0.4 is 10.5 Å². The molecule has 0 heterocycles. The van der Waals surface area contributed by atoms with Crippen LogP contribution in [0.5, 0.6) is 5.75 Å². The smallest absolute Gasteiger partial charge is 0.165 e. The Morgan fingerprint density at radius 3 is 2.53 bits per heavy atom. The summed E-state index contributed by atoms with van der Waals surface area (Å²) in [6.45, 7) is 0.403. The lowest BCUT2D eigenvalue weighted by Gasteiger charge is -2.08. The van der Waals surface area contributed by atoms with E-state index in [1.54, 1.807) is 6.07 Å². The highest BCUT2D eigenvalue weighted by Crippen LogP contribution is 2.18. The molecule has 0 radical (unpaired) electrons. The highest BCUT2D eigenvalue weighted by atomic mass is 19.1. The largest absolute Gasteiger partial charge is 0.490 e. The normalized spacial score (nSPS) is 10.2. The van der Waals surface area contributed by atoms with Crippen LogP contribution in [0.3, 0.4) is 0 Å². The Balaban J connectivity index is 1.95. The Bertz CT molecular complexity index is 570. The van der Waals surface area contributed by atoms with Crippen molar-refractivity contribution in [1.82, 2.24) is 0 Å². The van der Waals surface area contributed by atoms with E-state index in [9.17, 15) is 4.39 Å². The molecule has 0 aliphatic heterocycles. The average Bonchev–Trinajstić information content (AvgIpc) is 2.41. The fraction of sp³-hybridized carbons (Fsp3) is 0.133. The zero-order valence-electron chi connectivity index (χ0n) is 10.4. The molecular weight excluding hydrogens is 243 g/mol. The van der Waals surface area contributed by atoms with Crippen molar-refractivity contribution in [2.45, 2.75) is 6.42 Å². The van der Waals surface area contributed by atoms with E-state index in [2.05, 4.69) is 0 Å². The van der Waals surface area contributed by atoms with Crippen LogP contribution in [0.25, 0.3) is 0 Å². The molecule has 2 aromatic carbocycles. The van der Waals surface area contributed by atoms with E-state index in [4.69, 9.17) is 15.9 Å². The fourth-order valence-corrected chi connectivity index (χ4v) is 1.71. The van der Waals surface area contributed by atoms with Crippen molar-refractivity contribution in [1.29, 1.82) is 5.41 Å². The molecule has 4 heteroatoms. The van der Waals surface area contributed by atoms with Crippen molar-refractivity contribution in [2.24, 2.45) is 5.73 Å². The van der Waals surface area contributed by atoms with Gasteiger partial charge in [0.05, 0.1) is 6.61 Å². The van der Waals surface area contributed by atoms with Crippen molar-refractivity contribution in [3.05, 3.63) is 65.5 Å². The number of rotatable bonds is 5. The molecule has 0 aliphatic carbocycles. The molecule has 0 unspecified atom stereocenters. The zero-order chi connectivity index (χ0) is 13.7. The Morgan fingerprint density at radius 1 is 1.16 bits per heavy atom. The number of hydrogen-bond acceptors (Lipinski definition) is 2. The molecule has 2 aromatic rings. The van der Waals surface area contributed by atoms with Crippen LogP contribution in [-0.4, -0.2) is 12.4 Å². The van der Waals surface area contributed by atoms with E-state index in [1.165, 1.54) is 12.1 Å². The van der Waals surface area contributed by atoms with Gasteiger partial charge in [-0.05, 0) is 23.8 Å². The summed E-state index contributed by atoms with van der Waals surface area (Å²) < 4.78 is 19.0. The SMILES string of the molecule is N=C(N)c1ccc(OCCc2ccccc2)c(F)c1. The molecule has 0 aromatic heterocycles. The van der Waals surface area contributed by atoms with Gasteiger partial charge in [0.1, 0.15) is 5.84 Å². The monoisotopic (exact) mass is 258 g/mol. The van der Waals surface area contributed by atoms with Gasteiger partial charge in [-0.25, -0.2) is 4.39 Å². The van der Waals surface area contributed by atoms with Gasteiger partial charge in [-0.3, -0.25) is 5.41 Å². The molecule has 0 spiro atoms. The number of nitrogens with two attached hydrogens (primary N) is 1. The third kappa shape index (κ3) is 3.55. The number of benzene rings is 2. The Morgan fingerprint density at radius 2 is 1.89 bits per heavy atom. The van der Waals surface area contributed by atoms with Crippen molar-refractivity contribution in [3.63, 3.8) is 0 Å². The molecule has 3 nitrogen and oxygen atoms in total. The summed E-state index contributed by atoms with van der Waals surface area (Å²) in [5, 5.41) is 7.22. The van der Waals surface area contributed by atoms with E-state index in [1.807, 2.05) is 30.3 Å². The van der Waals surface area contributed by atoms with Crippen LogP contribution in [0.2, 0.25) is 0 Å². The third-order valence-corrected chi connectivity index (χ3v) is 2.73. The molecule has 0 aliphatic rings. The lowest BCUT2D eigenvalue weighted by atomic mass is 10.1. The van der Waals surface area contributed by atoms with Crippen LogP contribution in [0.15, 0.2) is 48.5 Å². The van der Waals surface area contributed by atoms with Crippen LogP contribution in [0, 0.1) is 11.2 Å². The van der Waals surface area contributed by atoms with Gasteiger partial charge < -0.3 is 10.5 Å². The Hall–Kier alpha value is -2.36. The quantitative estimate of drug-likeness (QED) is 0.640. The van der Waals surface area contributed by atoms with Gasteiger partial charge in [0, 0.05) is 12.0 Å². The van der Waals surface area contributed by atoms with E-state index in [0.717, 1.165) is 12.0 Å². The average molecular weight is 258 g/mol. The predicted octanol–water partition coefficient (Wildman–Crippen LogP) is 2.73. The second-order valence-electron chi connectivity index (χ2n) is 4.14. The number of nitrogen functional groups attached to an aromatic ring is 1. The van der Waals surface area contributed by atoms with Crippen molar-refractivity contribution in [2.75, 3.05) is 6.61 Å². The van der Waals surface area contributed by atoms with Gasteiger partial charge in [0.15, 0.2) is 11.6 Å². The van der Waals surface area contributed by atoms with E-state index in [-0.39, 0.29) is 11.6 Å². The summed E-state index contributed by atoms with van der Waals surface area (Å²) in [6.07, 6.45) is 0.717. The number of nitrogens with one attached hydrogen (secondary N) is 1. The van der Waals surface area contributed by atoms with E-state index in [0.29, 0.717) is 12.2 Å². The summed E-state index contributed by atoms with van der Waals surface area (Å²) >= 11 is 0. The molecular formula is C15H15FN2O. The third-order valence-electron chi connectivity index (χ3n) is 2.73. The van der Waals surface area contributed by atoms with Crippen LogP contribution >= 0.6 is 0 Å². The van der Waals surface area contributed by atoms with Gasteiger partial charge in [-0.2, -0.15) is 0 Å². The van der Waals surface area contributed by atoms with Crippen molar-refractivity contribution >= 4 is 5.84 Å². The van der Waals surface area contributed by atoms with E-state index < -0.39 is 5.82 Å². The highest BCUT2D eigenvalue weighted by molar-refractivity contribution is 5.95. The summed E-state index contributed by atoms with van der Waals surface area (Å²) in [7, 11) is 0. The molecule has 3 N–H and O–H groups in total. The molecule has 0 saturated carbocycles. The maximum absolute atomic E-state index is 13.7. The van der Waals surface area contributed by atoms with Gasteiger partial charge in [-0.15, -0.1) is 0 Å². The van der Waals surface area contributed by atoms with Gasteiger partial charge in [0.2, 0.25) is 0 Å². The molecule has 0 amide bonds. The van der Waals surface area contributed by atoms with E-state index >= 15 is 0 Å². The molecule has 19 heavy (non-hydrogen) atoms. The molecule has 0 atom stereocenters. The minimum Gasteiger partial charge on any atom is -0.490 e. The first-order valence-electron chi connectivity index (χ1n) is 5.97. The lowest BCUT2D eigenvalue weighted by molar-refractivity contribution is 0.305. The number of halogens is 1. The first-order chi connectivity index (χ1) is 9.16. The predicted molar refractivity (Wildman–Crippen MR) is 73.1 cm³/mol. The summed E-state index contributed by atoms with van der Waals surface area (Å²) in [4.78, 5) is 0. The van der Waals surface area contributed by atoms with Crippen molar-refractivity contribution in [3.8, 4) is 5.75 Å². The van der Waals surface area contributed by atoms with Crippen LogP contribution in [0.1, 0.15) is 11.1 Å². The second-order valence-corrected chi connectivity index (χ2v) is 4.14. The first-order valence-corrected chi connectivity index (χ1v) is 5.97. The van der Waals surface area contributed by atoms with Gasteiger partial charge >= 0.3 is 0 Å². The number of hydrogen-bond donors (Lipinski definition) is 2. The zero-order valence-corrected chi connectivity index (χ0v) is 10.4. The minimum atomic E-state index is -0.499. The van der Waals surface area contributed by atoms with Gasteiger partial charge in [0.25, 0.3) is 0 Å². The Kier molecular flexibility index (Phi) is 4.13. The fourth-order valence-electron chi connectivity index (χ4n) is 1.71. The minimum absolute atomic E-state index is 0.158. The highest BCUT2D eigenvalue weighted by Gasteiger charge is 2.06. The molecule has 2 rings (SSSR count). The summed E-state index contributed by atoms with van der Waals surface area (Å²) in [5.74, 6) is -0.476. The summed E-state index contributed by atoms with van der Waals surface area (Å²) in [5.41, 5.74) is 6.78. The molecule has 0 saturated heterocycles. The van der Waals surface area contributed by atoms with Crippen LogP contribution in [-0.2, 0) is 6.42 Å². The molecule has 98 valence electrons. The van der Waals surface area contributed by atoms with Crippen molar-refractivity contribution < 1.29 is 9.13 Å². The number of amidine groups is 1. The second kappa shape index (κ2) is 6.00.